The number of carbonyl (C=O) groups excluding carboxylic acids is 2. The summed E-state index contributed by atoms with van der Waals surface area (Å²) in [6.07, 6.45) is 1.30. The quantitative estimate of drug-likeness (QED) is 0.221. The molecule has 0 atom stereocenters. The van der Waals surface area contributed by atoms with Gasteiger partial charge in [-0.1, -0.05) is 23.7 Å². The molecule has 196 valence electrons. The maximum atomic E-state index is 12.8. The smallest absolute Gasteiger partial charge is 0.339 e. The zero-order valence-electron chi connectivity index (χ0n) is 21.0. The Hall–Kier alpha value is -4.33. The minimum atomic E-state index is -4.32. The van der Waals surface area contributed by atoms with Crippen LogP contribution in [-0.4, -0.2) is 27.3 Å². The highest BCUT2D eigenvalue weighted by molar-refractivity contribution is 7.87. The summed E-state index contributed by atoms with van der Waals surface area (Å²) in [5.41, 5.74) is 2.87. The second-order valence-corrected chi connectivity index (χ2v) is 10.2. The molecule has 2 N–H and O–H groups in total. The van der Waals surface area contributed by atoms with E-state index in [4.69, 9.17) is 20.5 Å². The van der Waals surface area contributed by atoms with Crippen LogP contribution < -0.4 is 19.6 Å². The van der Waals surface area contributed by atoms with Crippen molar-refractivity contribution in [1.29, 1.82) is 5.26 Å². The number of hydrogen-bond acceptors (Lipinski definition) is 7. The van der Waals surface area contributed by atoms with Gasteiger partial charge >= 0.3 is 10.1 Å². The number of aryl methyl sites for hydroxylation is 2. The number of halogens is 1. The first-order valence-corrected chi connectivity index (χ1v) is 12.9. The van der Waals surface area contributed by atoms with E-state index in [-0.39, 0.29) is 32.9 Å². The monoisotopic (exact) mass is 553 g/mol. The van der Waals surface area contributed by atoms with Crippen molar-refractivity contribution in [1.82, 2.24) is 0 Å². The molecule has 0 saturated heterocycles. The minimum Gasteiger partial charge on any atom is -0.493 e. The van der Waals surface area contributed by atoms with Gasteiger partial charge in [0.15, 0.2) is 5.75 Å². The van der Waals surface area contributed by atoms with E-state index in [2.05, 4.69) is 10.6 Å². The van der Waals surface area contributed by atoms with Crippen molar-refractivity contribution >= 4 is 51.0 Å². The van der Waals surface area contributed by atoms with Crippen LogP contribution in [0.25, 0.3) is 6.08 Å². The van der Waals surface area contributed by atoms with E-state index in [9.17, 15) is 23.3 Å². The normalized spacial score (nSPS) is 11.3. The lowest BCUT2D eigenvalue weighted by Gasteiger charge is -2.14. The van der Waals surface area contributed by atoms with Gasteiger partial charge in [0.2, 0.25) is 11.7 Å². The highest BCUT2D eigenvalue weighted by atomic mass is 35.5. The van der Waals surface area contributed by atoms with Crippen LogP contribution >= 0.6 is 11.6 Å². The average Bonchev–Trinajstić information content (AvgIpc) is 2.86. The highest BCUT2D eigenvalue weighted by Crippen LogP contribution is 2.39. The minimum absolute atomic E-state index is 0.0329. The number of hydrogen-bond donors (Lipinski definition) is 2. The Bertz CT molecular complexity index is 1580. The number of methoxy groups -OCH3 is 1. The molecule has 0 heterocycles. The van der Waals surface area contributed by atoms with E-state index >= 15 is 0 Å². The number of ether oxygens (including phenoxy) is 1. The summed E-state index contributed by atoms with van der Waals surface area (Å²) < 4.78 is 36.2. The van der Waals surface area contributed by atoms with Gasteiger partial charge in [-0.25, -0.2) is 0 Å². The molecule has 11 heteroatoms. The molecule has 0 aliphatic heterocycles. The molecule has 3 aromatic carbocycles. The fourth-order valence-electron chi connectivity index (χ4n) is 3.35. The van der Waals surface area contributed by atoms with E-state index in [0.717, 1.165) is 11.1 Å². The molecule has 0 bridgehead atoms. The number of nitrogens with zero attached hydrogens (tertiary/aromatic N) is 1. The van der Waals surface area contributed by atoms with Gasteiger partial charge in [0.05, 0.1) is 12.1 Å². The maximum Gasteiger partial charge on any atom is 0.339 e. The van der Waals surface area contributed by atoms with Crippen LogP contribution in [0, 0.1) is 25.2 Å². The number of amides is 2. The summed E-state index contributed by atoms with van der Waals surface area (Å²) in [5, 5.41) is 14.7. The third kappa shape index (κ3) is 6.91. The first-order valence-electron chi connectivity index (χ1n) is 11.1. The van der Waals surface area contributed by atoms with Crippen LogP contribution in [0.5, 0.6) is 11.5 Å². The number of anilines is 2. The van der Waals surface area contributed by atoms with Crippen LogP contribution in [0.2, 0.25) is 5.02 Å². The van der Waals surface area contributed by atoms with Crippen LogP contribution in [0.3, 0.4) is 0 Å². The summed E-state index contributed by atoms with van der Waals surface area (Å²) in [4.78, 5) is 23.8. The van der Waals surface area contributed by atoms with Crippen molar-refractivity contribution in [3.8, 4) is 17.6 Å². The molecule has 0 aliphatic carbocycles. The van der Waals surface area contributed by atoms with Crippen molar-refractivity contribution in [2.24, 2.45) is 0 Å². The van der Waals surface area contributed by atoms with Crippen molar-refractivity contribution in [2.75, 3.05) is 17.7 Å². The Morgan fingerprint density at radius 3 is 2.32 bits per heavy atom. The van der Waals surface area contributed by atoms with Crippen LogP contribution in [0.4, 0.5) is 11.4 Å². The number of nitrogens with one attached hydrogen (secondary N) is 2. The van der Waals surface area contributed by atoms with Crippen molar-refractivity contribution in [3.05, 3.63) is 81.9 Å². The SMILES string of the molecule is COc1cc(/C=C(\C#N)C(=O)Nc2cc(C)ccc2C)cc(Cl)c1OS(=O)(=O)c1ccc(NC(C)=O)cc1. The lowest BCUT2D eigenvalue weighted by molar-refractivity contribution is -0.114. The number of nitriles is 1. The third-order valence-corrected chi connectivity index (χ3v) is 6.74. The number of benzene rings is 3. The molecule has 2 amide bonds. The molecule has 0 fully saturated rings. The largest absolute Gasteiger partial charge is 0.493 e. The maximum absolute atomic E-state index is 12.8. The van der Waals surface area contributed by atoms with E-state index in [1.165, 1.54) is 56.5 Å². The topological polar surface area (TPSA) is 135 Å². The van der Waals surface area contributed by atoms with Crippen molar-refractivity contribution in [3.63, 3.8) is 0 Å². The average molecular weight is 554 g/mol. The fraction of sp³-hybridized carbons (Fsp3) is 0.148. The summed E-state index contributed by atoms with van der Waals surface area (Å²) in [6.45, 7) is 5.05. The lowest BCUT2D eigenvalue weighted by Crippen LogP contribution is -2.14. The van der Waals surface area contributed by atoms with Crippen LogP contribution in [0.1, 0.15) is 23.6 Å². The first kappa shape index (κ1) is 28.2. The van der Waals surface area contributed by atoms with E-state index in [1.807, 2.05) is 32.0 Å². The summed E-state index contributed by atoms with van der Waals surface area (Å²) in [7, 11) is -3.03. The molecule has 3 aromatic rings. The van der Waals surface area contributed by atoms with Gasteiger partial charge in [-0.15, -0.1) is 0 Å². The molecule has 0 aromatic heterocycles. The standard InChI is InChI=1S/C27H24ClN3O6S/c1-16-5-6-17(2)24(11-16)31-27(33)20(15-29)12-19-13-23(28)26(25(14-19)36-4)37-38(34,35)22-9-7-21(8-10-22)30-18(3)32/h5-14H,1-4H3,(H,30,32)(H,31,33)/b20-12+. The fourth-order valence-corrected chi connectivity index (χ4v) is 4.61. The molecular formula is C27H24ClN3O6S. The van der Waals surface area contributed by atoms with Crippen LogP contribution in [-0.2, 0) is 19.7 Å². The second-order valence-electron chi connectivity index (χ2n) is 8.22. The Morgan fingerprint density at radius 2 is 1.71 bits per heavy atom. The first-order chi connectivity index (χ1) is 17.9. The summed E-state index contributed by atoms with van der Waals surface area (Å²) >= 11 is 6.33. The van der Waals surface area contributed by atoms with Gasteiger partial charge in [0.1, 0.15) is 16.5 Å². The lowest BCUT2D eigenvalue weighted by atomic mass is 10.1. The van der Waals surface area contributed by atoms with E-state index in [0.29, 0.717) is 16.9 Å². The van der Waals surface area contributed by atoms with Gasteiger partial charge in [-0.2, -0.15) is 13.7 Å². The number of carbonyl (C=O) groups is 2. The molecule has 0 spiro atoms. The summed E-state index contributed by atoms with van der Waals surface area (Å²) in [6, 6.07) is 15.5. The zero-order chi connectivity index (χ0) is 28.0. The molecule has 0 saturated carbocycles. The van der Waals surface area contributed by atoms with Crippen LogP contribution in [0.15, 0.2) is 65.1 Å². The summed E-state index contributed by atoms with van der Waals surface area (Å²) in [5.74, 6) is -1.23. The second kappa shape index (κ2) is 11.8. The third-order valence-electron chi connectivity index (χ3n) is 5.23. The molecule has 0 radical (unpaired) electrons. The van der Waals surface area contributed by atoms with E-state index in [1.54, 1.807) is 6.07 Å². The predicted octanol–water partition coefficient (Wildman–Crippen LogP) is 5.24. The molecule has 0 unspecified atom stereocenters. The van der Waals surface area contributed by atoms with E-state index < -0.39 is 16.0 Å². The Morgan fingerprint density at radius 1 is 1.03 bits per heavy atom. The Balaban J connectivity index is 1.89. The molecule has 0 aliphatic rings. The Labute approximate surface area is 225 Å². The Kier molecular flexibility index (Phi) is 8.78. The van der Waals surface area contributed by atoms with Gasteiger partial charge in [-0.3, -0.25) is 9.59 Å². The molecule has 3 rings (SSSR count). The number of rotatable bonds is 8. The molecule has 38 heavy (non-hydrogen) atoms. The zero-order valence-corrected chi connectivity index (χ0v) is 22.5. The predicted molar refractivity (Wildman–Crippen MR) is 145 cm³/mol. The van der Waals surface area contributed by atoms with Crippen molar-refractivity contribution in [2.45, 2.75) is 25.7 Å². The molecular weight excluding hydrogens is 530 g/mol. The van der Waals surface area contributed by atoms with Gasteiger partial charge < -0.3 is 19.6 Å². The van der Waals surface area contributed by atoms with Gasteiger partial charge in [0.25, 0.3) is 5.91 Å². The van der Waals surface area contributed by atoms with Crippen molar-refractivity contribution < 1.29 is 26.9 Å². The van der Waals surface area contributed by atoms with Gasteiger partial charge in [-0.05, 0) is 79.1 Å². The molecule has 9 nitrogen and oxygen atoms in total. The van der Waals surface area contributed by atoms with Gasteiger partial charge in [0, 0.05) is 18.3 Å². The highest BCUT2D eigenvalue weighted by Gasteiger charge is 2.23.